The largest absolute Gasteiger partial charge is 0.355 e. The zero-order valence-corrected chi connectivity index (χ0v) is 14.1. The molecule has 25 heavy (non-hydrogen) atoms. The average molecular weight is 367 g/mol. The van der Waals surface area contributed by atoms with Gasteiger partial charge in [0.1, 0.15) is 10.8 Å². The van der Waals surface area contributed by atoms with Gasteiger partial charge in [-0.3, -0.25) is 4.79 Å². The number of ether oxygens (including phenoxy) is 2. The summed E-state index contributed by atoms with van der Waals surface area (Å²) in [5.74, 6) is -0.543. The van der Waals surface area contributed by atoms with Crippen LogP contribution in [0.5, 0.6) is 0 Å². The van der Waals surface area contributed by atoms with Crippen LogP contribution in [0.1, 0.15) is 12.8 Å². The van der Waals surface area contributed by atoms with E-state index in [0.29, 0.717) is 50.5 Å². The summed E-state index contributed by atoms with van der Waals surface area (Å²) < 4.78 is 24.8. The summed E-state index contributed by atoms with van der Waals surface area (Å²) in [6, 6.07) is 2.78. The monoisotopic (exact) mass is 366 g/mol. The molecule has 2 aromatic rings. The third kappa shape index (κ3) is 3.12. The van der Waals surface area contributed by atoms with E-state index in [0.717, 1.165) is 0 Å². The fourth-order valence-corrected chi connectivity index (χ4v) is 3.40. The first kappa shape index (κ1) is 16.4. The lowest BCUT2D eigenvalue weighted by atomic mass is 10.0. The van der Waals surface area contributed by atoms with E-state index in [2.05, 4.69) is 15.0 Å². The fraction of sp³-hybridized carbons (Fsp3) is 0.438. The van der Waals surface area contributed by atoms with Gasteiger partial charge in [0, 0.05) is 43.8 Å². The third-order valence-corrected chi connectivity index (χ3v) is 4.82. The molecule has 1 spiro atoms. The summed E-state index contributed by atoms with van der Waals surface area (Å²) in [6.07, 6.45) is 2.65. The molecule has 2 fully saturated rings. The van der Waals surface area contributed by atoms with E-state index in [9.17, 15) is 9.18 Å². The molecule has 0 bridgehead atoms. The SMILES string of the molecule is O=c1[nH]c(-c2ccnc(F)c2)nc(N2CCC3(CC2)OCCO3)c1Cl. The van der Waals surface area contributed by atoms with Crippen molar-refractivity contribution >= 4 is 17.4 Å². The summed E-state index contributed by atoms with van der Waals surface area (Å²) in [6.45, 7) is 2.39. The second-order valence-corrected chi connectivity index (χ2v) is 6.39. The van der Waals surface area contributed by atoms with Crippen molar-refractivity contribution < 1.29 is 13.9 Å². The topological polar surface area (TPSA) is 80.3 Å². The molecule has 0 aromatic carbocycles. The van der Waals surface area contributed by atoms with Crippen molar-refractivity contribution in [2.45, 2.75) is 18.6 Å². The number of hydrogen-bond acceptors (Lipinski definition) is 6. The average Bonchev–Trinajstić information content (AvgIpc) is 3.06. The molecule has 0 amide bonds. The van der Waals surface area contributed by atoms with Gasteiger partial charge in [0.25, 0.3) is 5.56 Å². The van der Waals surface area contributed by atoms with E-state index in [-0.39, 0.29) is 10.8 Å². The Kier molecular flexibility index (Phi) is 4.18. The van der Waals surface area contributed by atoms with Crippen LogP contribution >= 0.6 is 11.6 Å². The molecule has 2 aliphatic heterocycles. The number of hydrogen-bond donors (Lipinski definition) is 1. The van der Waals surface area contributed by atoms with Gasteiger partial charge in [0.15, 0.2) is 11.6 Å². The quantitative estimate of drug-likeness (QED) is 0.818. The van der Waals surface area contributed by atoms with Gasteiger partial charge in [0.2, 0.25) is 5.95 Å². The van der Waals surface area contributed by atoms with Crippen LogP contribution in [0, 0.1) is 5.95 Å². The molecule has 132 valence electrons. The molecular formula is C16H16ClFN4O3. The van der Waals surface area contributed by atoms with Gasteiger partial charge in [-0.15, -0.1) is 0 Å². The predicted molar refractivity (Wildman–Crippen MR) is 89.1 cm³/mol. The van der Waals surface area contributed by atoms with Crippen LogP contribution in [0.4, 0.5) is 10.2 Å². The number of aromatic nitrogens is 3. The molecule has 2 aromatic heterocycles. The minimum absolute atomic E-state index is 0.0162. The van der Waals surface area contributed by atoms with Crippen molar-refractivity contribution in [1.29, 1.82) is 0 Å². The number of rotatable bonds is 2. The number of nitrogens with zero attached hydrogens (tertiary/aromatic N) is 3. The lowest BCUT2D eigenvalue weighted by molar-refractivity contribution is -0.169. The van der Waals surface area contributed by atoms with Crippen molar-refractivity contribution in [2.75, 3.05) is 31.2 Å². The highest BCUT2D eigenvalue weighted by Gasteiger charge is 2.40. The molecule has 2 saturated heterocycles. The standard InChI is InChI=1S/C16H16ClFN4O3/c17-12-14(22-5-2-16(3-6-22)24-7-8-25-16)20-13(21-15(12)23)10-1-4-19-11(18)9-10/h1,4,9H,2-3,5-8H2,(H,20,21,23). The van der Waals surface area contributed by atoms with Gasteiger partial charge in [-0.25, -0.2) is 9.97 Å². The Labute approximate surface area is 147 Å². The van der Waals surface area contributed by atoms with Crippen molar-refractivity contribution in [3.63, 3.8) is 0 Å². The highest BCUT2D eigenvalue weighted by Crippen LogP contribution is 2.34. The Morgan fingerprint density at radius 2 is 2.00 bits per heavy atom. The zero-order valence-electron chi connectivity index (χ0n) is 13.3. The fourth-order valence-electron chi connectivity index (χ4n) is 3.19. The van der Waals surface area contributed by atoms with Gasteiger partial charge in [-0.1, -0.05) is 11.6 Å². The van der Waals surface area contributed by atoms with Gasteiger partial charge >= 0.3 is 0 Å². The molecule has 1 N–H and O–H groups in total. The summed E-state index contributed by atoms with van der Waals surface area (Å²) in [4.78, 5) is 24.7. The Hall–Kier alpha value is -2.03. The molecule has 0 aliphatic carbocycles. The smallest absolute Gasteiger partial charge is 0.272 e. The maximum atomic E-state index is 13.4. The first-order valence-corrected chi connectivity index (χ1v) is 8.39. The van der Waals surface area contributed by atoms with Crippen LogP contribution in [-0.2, 0) is 9.47 Å². The van der Waals surface area contributed by atoms with Crippen LogP contribution in [-0.4, -0.2) is 47.0 Å². The molecule has 7 nitrogen and oxygen atoms in total. The first-order valence-electron chi connectivity index (χ1n) is 8.01. The van der Waals surface area contributed by atoms with Gasteiger partial charge in [0.05, 0.1) is 13.2 Å². The van der Waals surface area contributed by atoms with Gasteiger partial charge in [-0.2, -0.15) is 4.39 Å². The summed E-state index contributed by atoms with van der Waals surface area (Å²) in [7, 11) is 0. The maximum absolute atomic E-state index is 13.4. The number of pyridine rings is 1. The van der Waals surface area contributed by atoms with Crippen LogP contribution in [0.2, 0.25) is 5.02 Å². The molecule has 0 unspecified atom stereocenters. The number of piperidine rings is 1. The number of nitrogens with one attached hydrogen (secondary N) is 1. The highest BCUT2D eigenvalue weighted by molar-refractivity contribution is 6.32. The Bertz CT molecular complexity index is 844. The maximum Gasteiger partial charge on any atom is 0.272 e. The Balaban J connectivity index is 1.64. The molecule has 0 radical (unpaired) electrons. The Morgan fingerprint density at radius 1 is 1.28 bits per heavy atom. The molecule has 4 heterocycles. The van der Waals surface area contributed by atoms with Gasteiger partial charge in [-0.05, 0) is 6.07 Å². The zero-order chi connectivity index (χ0) is 17.4. The van der Waals surface area contributed by atoms with E-state index in [1.54, 1.807) is 6.07 Å². The molecule has 2 aliphatic rings. The lowest BCUT2D eigenvalue weighted by Gasteiger charge is -2.38. The summed E-state index contributed by atoms with van der Waals surface area (Å²) in [5.41, 5.74) is -0.0361. The van der Waals surface area contributed by atoms with Gasteiger partial charge < -0.3 is 19.4 Å². The van der Waals surface area contributed by atoms with Crippen LogP contribution in [0.3, 0.4) is 0 Å². The van der Waals surface area contributed by atoms with E-state index in [4.69, 9.17) is 21.1 Å². The van der Waals surface area contributed by atoms with Crippen molar-refractivity contribution in [2.24, 2.45) is 0 Å². The number of anilines is 1. The van der Waals surface area contributed by atoms with Crippen molar-refractivity contribution in [3.8, 4) is 11.4 Å². The van der Waals surface area contributed by atoms with E-state index < -0.39 is 17.3 Å². The first-order chi connectivity index (χ1) is 12.1. The molecule has 9 heteroatoms. The molecule has 0 atom stereocenters. The second kappa shape index (κ2) is 6.36. The lowest BCUT2D eigenvalue weighted by Crippen LogP contribution is -2.45. The van der Waals surface area contributed by atoms with Crippen molar-refractivity contribution in [3.05, 3.63) is 39.7 Å². The second-order valence-electron chi connectivity index (χ2n) is 6.01. The molecule has 0 saturated carbocycles. The van der Waals surface area contributed by atoms with E-state index in [1.165, 1.54) is 12.3 Å². The van der Waals surface area contributed by atoms with E-state index >= 15 is 0 Å². The molecule has 4 rings (SSSR count). The van der Waals surface area contributed by atoms with E-state index in [1.807, 2.05) is 4.90 Å². The number of halogens is 2. The number of aromatic amines is 1. The predicted octanol–water partition coefficient (Wildman–Crippen LogP) is 1.97. The number of H-pyrrole nitrogens is 1. The summed E-state index contributed by atoms with van der Waals surface area (Å²) >= 11 is 6.17. The summed E-state index contributed by atoms with van der Waals surface area (Å²) in [5, 5.41) is 0.0162. The molecular weight excluding hydrogens is 351 g/mol. The van der Waals surface area contributed by atoms with Crippen LogP contribution in [0.25, 0.3) is 11.4 Å². The third-order valence-electron chi connectivity index (χ3n) is 4.48. The van der Waals surface area contributed by atoms with Crippen LogP contribution < -0.4 is 10.5 Å². The normalized spacial score (nSPS) is 19.5. The Morgan fingerprint density at radius 3 is 2.68 bits per heavy atom. The minimum atomic E-state index is -0.646. The van der Waals surface area contributed by atoms with Crippen molar-refractivity contribution in [1.82, 2.24) is 15.0 Å². The van der Waals surface area contributed by atoms with Crippen LogP contribution in [0.15, 0.2) is 23.1 Å². The minimum Gasteiger partial charge on any atom is -0.355 e. The highest BCUT2D eigenvalue weighted by atomic mass is 35.5.